The molecule has 1 aromatic heterocycles. The number of benzene rings is 1. The lowest BCUT2D eigenvalue weighted by molar-refractivity contribution is -0.385. The van der Waals surface area contributed by atoms with Gasteiger partial charge in [-0.25, -0.2) is 4.68 Å². The SMILES string of the molecule is Nc1c(I)cnn1Cc1ccc(Br)cc1[N+](=O)[O-]. The summed E-state index contributed by atoms with van der Waals surface area (Å²) in [4.78, 5) is 10.6. The zero-order valence-electron chi connectivity index (χ0n) is 9.01. The van der Waals surface area contributed by atoms with Crippen LogP contribution in [0.15, 0.2) is 28.9 Å². The van der Waals surface area contributed by atoms with Crippen molar-refractivity contribution in [3.05, 3.63) is 48.1 Å². The predicted octanol–water partition coefficient (Wildman–Crippen LogP) is 2.79. The van der Waals surface area contributed by atoms with Crippen molar-refractivity contribution < 1.29 is 4.92 Å². The van der Waals surface area contributed by atoms with E-state index in [1.54, 1.807) is 18.3 Å². The Morgan fingerprint density at radius 2 is 2.28 bits per heavy atom. The number of nitrogen functional groups attached to an aromatic ring is 1. The molecule has 2 N–H and O–H groups in total. The Kier molecular flexibility index (Phi) is 3.85. The zero-order chi connectivity index (χ0) is 13.3. The van der Waals surface area contributed by atoms with E-state index in [4.69, 9.17) is 5.73 Å². The second-order valence-corrected chi connectivity index (χ2v) is 5.64. The molecule has 0 aliphatic rings. The quantitative estimate of drug-likeness (QED) is 0.468. The Morgan fingerprint density at radius 3 is 2.83 bits per heavy atom. The minimum Gasteiger partial charge on any atom is -0.383 e. The molecule has 2 aromatic rings. The van der Waals surface area contributed by atoms with Gasteiger partial charge in [0.1, 0.15) is 5.82 Å². The number of nitro groups is 1. The lowest BCUT2D eigenvalue weighted by atomic mass is 10.2. The molecule has 0 atom stereocenters. The summed E-state index contributed by atoms with van der Waals surface area (Å²) in [6, 6.07) is 4.92. The minimum absolute atomic E-state index is 0.0503. The minimum atomic E-state index is -0.412. The van der Waals surface area contributed by atoms with Crippen LogP contribution in [0.2, 0.25) is 0 Å². The summed E-state index contributed by atoms with van der Waals surface area (Å²) in [5.74, 6) is 0.507. The number of nitro benzene ring substituents is 1. The van der Waals surface area contributed by atoms with Crippen LogP contribution in [-0.4, -0.2) is 14.7 Å². The Morgan fingerprint density at radius 1 is 1.56 bits per heavy atom. The number of nitrogens with two attached hydrogens (primary N) is 1. The molecule has 0 saturated heterocycles. The van der Waals surface area contributed by atoms with Gasteiger partial charge in [-0.3, -0.25) is 10.1 Å². The first kappa shape index (κ1) is 13.3. The molecule has 0 fully saturated rings. The number of hydrogen-bond donors (Lipinski definition) is 1. The summed E-state index contributed by atoms with van der Waals surface area (Å²) < 4.78 is 3.03. The molecular formula is C10H8BrIN4O2. The fourth-order valence-electron chi connectivity index (χ4n) is 1.50. The van der Waals surface area contributed by atoms with Crippen molar-refractivity contribution >= 4 is 50.0 Å². The molecule has 0 bridgehead atoms. The molecule has 18 heavy (non-hydrogen) atoms. The van der Waals surface area contributed by atoms with Crippen LogP contribution < -0.4 is 5.73 Å². The Bertz CT molecular complexity index is 614. The number of hydrogen-bond acceptors (Lipinski definition) is 4. The molecule has 8 heteroatoms. The lowest BCUT2D eigenvalue weighted by Crippen LogP contribution is -2.08. The van der Waals surface area contributed by atoms with Crippen LogP contribution in [0.4, 0.5) is 11.5 Å². The monoisotopic (exact) mass is 422 g/mol. The maximum atomic E-state index is 11.0. The van der Waals surface area contributed by atoms with E-state index in [0.717, 1.165) is 3.57 Å². The zero-order valence-corrected chi connectivity index (χ0v) is 12.8. The molecule has 0 saturated carbocycles. The molecule has 6 nitrogen and oxygen atoms in total. The molecule has 94 valence electrons. The molecule has 0 aliphatic heterocycles. The third-order valence-corrected chi connectivity index (χ3v) is 3.72. The van der Waals surface area contributed by atoms with Crippen LogP contribution in [0.5, 0.6) is 0 Å². The smallest absolute Gasteiger partial charge is 0.275 e. The van der Waals surface area contributed by atoms with Crippen molar-refractivity contribution in [2.75, 3.05) is 5.73 Å². The van der Waals surface area contributed by atoms with Gasteiger partial charge in [0.25, 0.3) is 5.69 Å². The largest absolute Gasteiger partial charge is 0.383 e. The van der Waals surface area contributed by atoms with E-state index < -0.39 is 4.92 Å². The fraction of sp³-hybridized carbons (Fsp3) is 0.100. The average Bonchev–Trinajstić information content (AvgIpc) is 2.63. The summed E-state index contributed by atoms with van der Waals surface area (Å²) in [5.41, 5.74) is 6.43. The van der Waals surface area contributed by atoms with E-state index in [2.05, 4.69) is 43.6 Å². The summed E-state index contributed by atoms with van der Waals surface area (Å²) in [6.45, 7) is 0.276. The number of rotatable bonds is 3. The van der Waals surface area contributed by atoms with E-state index in [0.29, 0.717) is 15.9 Å². The van der Waals surface area contributed by atoms with Crippen molar-refractivity contribution in [1.29, 1.82) is 0 Å². The van der Waals surface area contributed by atoms with Gasteiger partial charge >= 0.3 is 0 Å². The van der Waals surface area contributed by atoms with Crippen LogP contribution in [0.3, 0.4) is 0 Å². The van der Waals surface area contributed by atoms with Crippen LogP contribution in [0.1, 0.15) is 5.56 Å². The first-order chi connectivity index (χ1) is 8.49. The van der Waals surface area contributed by atoms with Crippen molar-refractivity contribution in [1.82, 2.24) is 9.78 Å². The molecule has 1 heterocycles. The predicted molar refractivity (Wildman–Crippen MR) is 79.3 cm³/mol. The summed E-state index contributed by atoms with van der Waals surface area (Å²) in [7, 11) is 0. The van der Waals surface area contributed by atoms with Crippen LogP contribution in [-0.2, 0) is 6.54 Å². The van der Waals surface area contributed by atoms with Gasteiger partial charge in [0.05, 0.1) is 26.8 Å². The lowest BCUT2D eigenvalue weighted by Gasteiger charge is -2.06. The van der Waals surface area contributed by atoms with E-state index >= 15 is 0 Å². The third-order valence-electron chi connectivity index (χ3n) is 2.40. The normalized spacial score (nSPS) is 10.6. The topological polar surface area (TPSA) is 87.0 Å². The highest BCUT2D eigenvalue weighted by Crippen LogP contribution is 2.25. The number of halogens is 2. The third kappa shape index (κ3) is 2.64. The van der Waals surface area contributed by atoms with Gasteiger partial charge in [0.15, 0.2) is 0 Å². The van der Waals surface area contributed by atoms with Crippen molar-refractivity contribution in [3.63, 3.8) is 0 Å². The first-order valence-electron chi connectivity index (χ1n) is 4.88. The molecule has 0 amide bonds. The molecule has 0 spiro atoms. The van der Waals surface area contributed by atoms with Gasteiger partial charge in [0, 0.05) is 10.5 Å². The maximum absolute atomic E-state index is 11.0. The van der Waals surface area contributed by atoms with Crippen molar-refractivity contribution in [3.8, 4) is 0 Å². The highest BCUT2D eigenvalue weighted by atomic mass is 127. The Labute approximate surface area is 125 Å². The van der Waals surface area contributed by atoms with Crippen molar-refractivity contribution in [2.45, 2.75) is 6.54 Å². The first-order valence-corrected chi connectivity index (χ1v) is 6.76. The Balaban J connectivity index is 2.40. The highest BCUT2D eigenvalue weighted by molar-refractivity contribution is 14.1. The Hall–Kier alpha value is -1.16. The van der Waals surface area contributed by atoms with E-state index in [1.165, 1.54) is 10.7 Å². The van der Waals surface area contributed by atoms with Crippen LogP contribution >= 0.6 is 38.5 Å². The van der Waals surface area contributed by atoms with Crippen LogP contribution in [0, 0.1) is 13.7 Å². The van der Waals surface area contributed by atoms with Gasteiger partial charge in [-0.1, -0.05) is 15.9 Å². The van der Waals surface area contributed by atoms with E-state index in [1.807, 2.05) is 0 Å². The molecule has 2 rings (SSSR count). The molecule has 0 unspecified atom stereocenters. The average molecular weight is 423 g/mol. The number of anilines is 1. The molecule has 0 aliphatic carbocycles. The standard InChI is InChI=1S/C10H8BrIN4O2/c11-7-2-1-6(9(3-7)16(17)18)5-15-10(13)8(12)4-14-15/h1-4H,5,13H2. The summed E-state index contributed by atoms with van der Waals surface area (Å²) in [5, 5.41) is 15.1. The van der Waals surface area contributed by atoms with Gasteiger partial charge in [-0.15, -0.1) is 0 Å². The van der Waals surface area contributed by atoms with Gasteiger partial charge in [0.2, 0.25) is 0 Å². The maximum Gasteiger partial charge on any atom is 0.275 e. The fourth-order valence-corrected chi connectivity index (χ4v) is 2.25. The second kappa shape index (κ2) is 5.22. The van der Waals surface area contributed by atoms with Gasteiger partial charge < -0.3 is 5.73 Å². The van der Waals surface area contributed by atoms with Gasteiger partial charge in [-0.2, -0.15) is 5.10 Å². The van der Waals surface area contributed by atoms with E-state index in [-0.39, 0.29) is 12.2 Å². The van der Waals surface area contributed by atoms with Gasteiger partial charge in [-0.05, 0) is 34.7 Å². The summed E-state index contributed by atoms with van der Waals surface area (Å²) in [6.07, 6.45) is 1.63. The second-order valence-electron chi connectivity index (χ2n) is 3.57. The van der Waals surface area contributed by atoms with E-state index in [9.17, 15) is 10.1 Å². The summed E-state index contributed by atoms with van der Waals surface area (Å²) >= 11 is 5.28. The number of aromatic nitrogens is 2. The number of nitrogens with zero attached hydrogens (tertiary/aromatic N) is 3. The van der Waals surface area contributed by atoms with Crippen LogP contribution in [0.25, 0.3) is 0 Å². The van der Waals surface area contributed by atoms with Crippen molar-refractivity contribution in [2.24, 2.45) is 0 Å². The molecule has 1 aromatic carbocycles. The highest BCUT2D eigenvalue weighted by Gasteiger charge is 2.16. The molecular weight excluding hydrogens is 415 g/mol. The molecule has 0 radical (unpaired) electrons.